The molecule has 1 rings (SSSR count). The molecule has 0 atom stereocenters. The molecule has 0 aliphatic carbocycles. The largest absolute Gasteiger partial charge is 0.497 e. The molecule has 0 heterocycles. The third-order valence-electron chi connectivity index (χ3n) is 2.75. The molecule has 1 nitrogen and oxygen atoms in total. The lowest BCUT2D eigenvalue weighted by Gasteiger charge is -2.19. The third-order valence-corrected chi connectivity index (χ3v) is 9.44. The smallest absolute Gasteiger partial charge is 0.280 e. The number of benzene rings is 1. The summed E-state index contributed by atoms with van der Waals surface area (Å²) in [5.41, 5.74) is 0. The highest BCUT2D eigenvalue weighted by molar-refractivity contribution is 7.51. The van der Waals surface area contributed by atoms with Crippen LogP contribution >= 0.6 is 33.2 Å². The van der Waals surface area contributed by atoms with Crippen molar-refractivity contribution in [1.29, 1.82) is 0 Å². The van der Waals surface area contributed by atoms with Crippen molar-refractivity contribution in [2.45, 2.75) is 31.6 Å². The molecule has 102 valence electrons. The van der Waals surface area contributed by atoms with Crippen molar-refractivity contribution in [2.75, 3.05) is 7.11 Å². The van der Waals surface area contributed by atoms with Crippen LogP contribution in [0.3, 0.4) is 0 Å². The van der Waals surface area contributed by atoms with Crippen molar-refractivity contribution in [3.05, 3.63) is 24.3 Å². The molecule has 0 fully saturated rings. The van der Waals surface area contributed by atoms with Gasteiger partial charge in [0.1, 0.15) is 13.1 Å². The van der Waals surface area contributed by atoms with Gasteiger partial charge in [0.15, 0.2) is 0 Å². The Morgan fingerprint density at radius 3 is 2.33 bits per heavy atom. The van der Waals surface area contributed by atoms with Crippen LogP contribution in [0.2, 0.25) is 25.2 Å². The molecule has 6 heteroatoms. The molecule has 0 unspecified atom stereocenters. The monoisotopic (exact) mass is 340 g/mol. The van der Waals surface area contributed by atoms with Crippen LogP contribution in [0, 0.1) is 0 Å². The van der Waals surface area contributed by atoms with Gasteiger partial charge in [0.05, 0.1) is 7.11 Å². The first-order chi connectivity index (χ1) is 8.24. The fourth-order valence-electron chi connectivity index (χ4n) is 1.73. The molecule has 18 heavy (non-hydrogen) atoms. The highest BCUT2D eigenvalue weighted by atomic mass is 35.7. The Labute approximate surface area is 126 Å². The van der Waals surface area contributed by atoms with Crippen LogP contribution in [0.4, 0.5) is 0 Å². The van der Waals surface area contributed by atoms with Gasteiger partial charge in [-0.2, -0.15) is 11.1 Å². The third kappa shape index (κ3) is 5.53. The number of rotatable bonds is 6. The van der Waals surface area contributed by atoms with Crippen LogP contribution in [0.5, 0.6) is 5.75 Å². The lowest BCUT2D eigenvalue weighted by atomic mass is 10.3. The van der Waals surface area contributed by atoms with Crippen molar-refractivity contribution in [3.63, 3.8) is 0 Å². The van der Waals surface area contributed by atoms with E-state index in [0.29, 0.717) is 0 Å². The van der Waals surface area contributed by atoms with Crippen LogP contribution in [-0.4, -0.2) is 21.2 Å². The topological polar surface area (TPSA) is 9.23 Å². The minimum absolute atomic E-state index is 0.803. The minimum Gasteiger partial charge on any atom is -0.497 e. The van der Waals surface area contributed by atoms with Gasteiger partial charge < -0.3 is 4.74 Å². The molecule has 0 aromatic heterocycles. The summed E-state index contributed by atoms with van der Waals surface area (Å²) < 4.78 is 5.20. The van der Waals surface area contributed by atoms with Crippen molar-refractivity contribution in [2.24, 2.45) is 0 Å². The first-order valence-electron chi connectivity index (χ1n) is 5.96. The molecule has 0 N–H and O–H groups in total. The Bertz CT molecular complexity index is 391. The summed E-state index contributed by atoms with van der Waals surface area (Å²) in [7, 11) is 0.122. The molecule has 0 aliphatic heterocycles. The lowest BCUT2D eigenvalue weighted by molar-refractivity contribution is 0.415. The maximum atomic E-state index is 6.54. The molecule has 0 spiro atoms. The summed E-state index contributed by atoms with van der Waals surface area (Å²) in [4.78, 5) is 0. The van der Waals surface area contributed by atoms with E-state index in [1.165, 1.54) is 0 Å². The van der Waals surface area contributed by atoms with Crippen molar-refractivity contribution >= 4 is 52.5 Å². The van der Waals surface area contributed by atoms with E-state index in [-0.39, 0.29) is 0 Å². The van der Waals surface area contributed by atoms with E-state index in [1.54, 1.807) is 7.11 Å². The average molecular weight is 342 g/mol. The van der Waals surface area contributed by atoms with Gasteiger partial charge in [0.2, 0.25) is 0 Å². The van der Waals surface area contributed by atoms with Gasteiger partial charge in [-0.3, -0.25) is 0 Å². The number of methoxy groups -OCH3 is 1. The van der Waals surface area contributed by atoms with Gasteiger partial charge in [-0.05, 0) is 29.4 Å². The summed E-state index contributed by atoms with van der Waals surface area (Å²) in [6.45, 7) is 1.89. The van der Waals surface area contributed by atoms with Gasteiger partial charge in [0.25, 0.3) is 6.69 Å². The molecule has 0 aliphatic rings. The molecule has 0 saturated heterocycles. The number of hydrogen-bond donors (Lipinski definition) is 0. The van der Waals surface area contributed by atoms with Gasteiger partial charge in [-0.25, -0.2) is 0 Å². The van der Waals surface area contributed by atoms with Crippen LogP contribution in [0.25, 0.3) is 0 Å². The SMILES string of the molecule is COc1cccc([Si](Cl)(Cl)CCC[Si](C)(C)Cl)c1. The molecular weight excluding hydrogens is 323 g/mol. The quantitative estimate of drug-likeness (QED) is 0.540. The highest BCUT2D eigenvalue weighted by Crippen LogP contribution is 2.27. The van der Waals surface area contributed by atoms with Gasteiger partial charge in [-0.15, -0.1) is 22.2 Å². The first kappa shape index (κ1) is 16.4. The predicted octanol–water partition coefficient (Wildman–Crippen LogP) is 4.66. The Morgan fingerprint density at radius 1 is 1.11 bits per heavy atom. The number of hydrogen-bond acceptors (Lipinski definition) is 1. The fourth-order valence-corrected chi connectivity index (χ4v) is 6.61. The summed E-state index contributed by atoms with van der Waals surface area (Å²) in [5, 5.41) is 1.01. The Kier molecular flexibility index (Phi) is 6.06. The van der Waals surface area contributed by atoms with Gasteiger partial charge in [0, 0.05) is 0 Å². The molecular formula is C12H19Cl3OSi2. The average Bonchev–Trinajstić information content (AvgIpc) is 2.27. The van der Waals surface area contributed by atoms with Crippen molar-refractivity contribution < 1.29 is 4.74 Å². The Balaban J connectivity index is 2.67. The zero-order valence-corrected chi connectivity index (χ0v) is 15.2. The van der Waals surface area contributed by atoms with Crippen LogP contribution in [0.1, 0.15) is 6.42 Å². The van der Waals surface area contributed by atoms with Crippen molar-refractivity contribution in [3.8, 4) is 5.75 Å². The fraction of sp³-hybridized carbons (Fsp3) is 0.500. The summed E-state index contributed by atoms with van der Waals surface area (Å²) in [5.74, 6) is 0.803. The van der Waals surface area contributed by atoms with E-state index in [9.17, 15) is 0 Å². The molecule has 1 aromatic carbocycles. The van der Waals surface area contributed by atoms with E-state index in [1.807, 2.05) is 24.3 Å². The number of halogens is 3. The van der Waals surface area contributed by atoms with E-state index in [0.717, 1.165) is 29.4 Å². The van der Waals surface area contributed by atoms with E-state index in [2.05, 4.69) is 13.1 Å². The standard InChI is InChI=1S/C12H19Cl3OSi2/c1-16-11-6-4-7-12(10-11)18(14,15)9-5-8-17(2,3)13/h4,6-7,10H,5,8-9H2,1-3H3. The van der Waals surface area contributed by atoms with Crippen LogP contribution in [-0.2, 0) is 0 Å². The second-order valence-electron chi connectivity index (χ2n) is 5.01. The van der Waals surface area contributed by atoms with Crippen molar-refractivity contribution in [1.82, 2.24) is 0 Å². The normalized spacial score (nSPS) is 12.6. The second kappa shape index (κ2) is 6.66. The highest BCUT2D eigenvalue weighted by Gasteiger charge is 2.31. The summed E-state index contributed by atoms with van der Waals surface area (Å²) >= 11 is 19.4. The summed E-state index contributed by atoms with van der Waals surface area (Å²) in [6, 6.07) is 9.64. The second-order valence-corrected chi connectivity index (χ2v) is 19.0. The molecule has 0 radical (unpaired) electrons. The van der Waals surface area contributed by atoms with Crippen LogP contribution in [0.15, 0.2) is 24.3 Å². The predicted molar refractivity (Wildman–Crippen MR) is 87.7 cm³/mol. The zero-order valence-electron chi connectivity index (χ0n) is 11.0. The lowest BCUT2D eigenvalue weighted by Crippen LogP contribution is -2.36. The molecule has 0 saturated carbocycles. The molecule has 0 amide bonds. The maximum Gasteiger partial charge on any atom is 0.280 e. The van der Waals surface area contributed by atoms with E-state index >= 15 is 0 Å². The number of ether oxygens (including phenoxy) is 1. The minimum atomic E-state index is -2.40. The summed E-state index contributed by atoms with van der Waals surface area (Å²) in [6.07, 6.45) is 0.999. The molecule has 1 aromatic rings. The van der Waals surface area contributed by atoms with E-state index < -0.39 is 14.1 Å². The zero-order chi connectivity index (χ0) is 13.8. The Morgan fingerprint density at radius 2 is 1.78 bits per heavy atom. The Hall–Kier alpha value is 0.324. The maximum absolute atomic E-state index is 6.54. The van der Waals surface area contributed by atoms with E-state index in [4.69, 9.17) is 38.0 Å². The van der Waals surface area contributed by atoms with Crippen LogP contribution < -0.4 is 9.92 Å². The molecule has 0 bridgehead atoms. The first-order valence-corrected chi connectivity index (χ1v) is 14.4. The van der Waals surface area contributed by atoms with Gasteiger partial charge >= 0.3 is 0 Å². The van der Waals surface area contributed by atoms with Gasteiger partial charge in [-0.1, -0.05) is 31.6 Å².